The molecular formula is C26H33N3O5S2. The van der Waals surface area contributed by atoms with E-state index in [1.54, 1.807) is 49.8 Å². The molecule has 10 heteroatoms. The minimum absolute atomic E-state index is 0.201. The number of morpholine rings is 1. The molecule has 1 fully saturated rings. The molecule has 1 atom stereocenters. The summed E-state index contributed by atoms with van der Waals surface area (Å²) in [6, 6.07) is 12.7. The lowest BCUT2D eigenvalue weighted by Gasteiger charge is -2.26. The van der Waals surface area contributed by atoms with Crippen molar-refractivity contribution in [2.75, 3.05) is 40.5 Å². The molecule has 2 aromatic carbocycles. The van der Waals surface area contributed by atoms with Gasteiger partial charge in [0.05, 0.1) is 43.7 Å². The van der Waals surface area contributed by atoms with Gasteiger partial charge < -0.3 is 18.8 Å². The van der Waals surface area contributed by atoms with E-state index < -0.39 is 10.0 Å². The lowest BCUT2D eigenvalue weighted by atomic mass is 10.1. The Morgan fingerprint density at radius 1 is 1.08 bits per heavy atom. The van der Waals surface area contributed by atoms with E-state index in [2.05, 4.69) is 23.8 Å². The lowest BCUT2D eigenvalue weighted by molar-refractivity contribution is 0.0730. The van der Waals surface area contributed by atoms with Crippen LogP contribution in [0.5, 0.6) is 11.5 Å². The van der Waals surface area contributed by atoms with Crippen molar-refractivity contribution in [1.29, 1.82) is 0 Å². The van der Waals surface area contributed by atoms with Gasteiger partial charge >= 0.3 is 0 Å². The van der Waals surface area contributed by atoms with Crippen molar-refractivity contribution in [3.05, 3.63) is 52.6 Å². The molecule has 0 radical (unpaired) electrons. The smallest absolute Gasteiger partial charge is 0.243 e. The summed E-state index contributed by atoms with van der Waals surface area (Å²) in [4.78, 5) is 6.01. The molecule has 2 heterocycles. The first-order valence-corrected chi connectivity index (χ1v) is 14.4. The first-order valence-electron chi connectivity index (χ1n) is 12.0. The molecule has 1 aliphatic rings. The molecule has 3 aromatic rings. The molecule has 194 valence electrons. The molecule has 0 bridgehead atoms. The Labute approximate surface area is 216 Å². The summed E-state index contributed by atoms with van der Waals surface area (Å²) in [7, 11) is -0.232. The van der Waals surface area contributed by atoms with Gasteiger partial charge in [0, 0.05) is 30.1 Å². The molecule has 1 unspecified atom stereocenters. The highest BCUT2D eigenvalue weighted by Crippen LogP contribution is 2.35. The number of hydrogen-bond acceptors (Lipinski definition) is 7. The van der Waals surface area contributed by atoms with E-state index >= 15 is 0 Å². The van der Waals surface area contributed by atoms with Crippen LogP contribution in [-0.2, 0) is 14.8 Å². The number of ether oxygens (including phenoxy) is 3. The highest BCUT2D eigenvalue weighted by molar-refractivity contribution is 7.89. The van der Waals surface area contributed by atoms with Crippen molar-refractivity contribution in [3.8, 4) is 22.8 Å². The van der Waals surface area contributed by atoms with Crippen molar-refractivity contribution in [1.82, 2.24) is 8.87 Å². The van der Waals surface area contributed by atoms with Crippen molar-refractivity contribution >= 4 is 27.0 Å². The Bertz CT molecular complexity index is 1340. The van der Waals surface area contributed by atoms with Crippen LogP contribution in [0.1, 0.15) is 32.7 Å². The maximum atomic E-state index is 13.0. The van der Waals surface area contributed by atoms with E-state index in [1.165, 1.54) is 4.31 Å². The minimum Gasteiger partial charge on any atom is -0.497 e. The third-order valence-electron chi connectivity index (χ3n) is 6.24. The Kier molecular flexibility index (Phi) is 8.50. The lowest BCUT2D eigenvalue weighted by Crippen LogP contribution is -2.40. The van der Waals surface area contributed by atoms with Gasteiger partial charge in [0.25, 0.3) is 0 Å². The zero-order valence-corrected chi connectivity index (χ0v) is 22.8. The second kappa shape index (κ2) is 11.6. The summed E-state index contributed by atoms with van der Waals surface area (Å²) in [6.45, 7) is 5.93. The van der Waals surface area contributed by atoms with Crippen molar-refractivity contribution in [2.24, 2.45) is 4.99 Å². The number of sulfonamides is 1. The van der Waals surface area contributed by atoms with E-state index in [4.69, 9.17) is 19.2 Å². The standard InChI is InChI=1S/C26H33N3O5S2/c1-5-6-19(2)29-24(23-17-21(32-3)9-12-25(23)33-4)18-35-26(29)27-20-7-10-22(11-8-20)36(30,31)28-13-15-34-16-14-28/h7-12,17-19H,5-6,13-16H2,1-4H3. The second-order valence-corrected chi connectivity index (χ2v) is 11.4. The molecule has 36 heavy (non-hydrogen) atoms. The first kappa shape index (κ1) is 26.4. The molecule has 0 aliphatic carbocycles. The molecule has 1 aromatic heterocycles. The van der Waals surface area contributed by atoms with Crippen LogP contribution in [0.25, 0.3) is 11.3 Å². The van der Waals surface area contributed by atoms with Crippen LogP contribution in [0.15, 0.2) is 57.7 Å². The average molecular weight is 532 g/mol. The second-order valence-electron chi connectivity index (χ2n) is 8.60. The average Bonchev–Trinajstić information content (AvgIpc) is 3.32. The van der Waals surface area contributed by atoms with Gasteiger partial charge in [-0.05, 0) is 55.8 Å². The van der Waals surface area contributed by atoms with E-state index in [-0.39, 0.29) is 10.9 Å². The van der Waals surface area contributed by atoms with Gasteiger partial charge in [0.2, 0.25) is 10.0 Å². The van der Waals surface area contributed by atoms with E-state index in [9.17, 15) is 8.42 Å². The maximum absolute atomic E-state index is 13.0. The highest BCUT2D eigenvalue weighted by Gasteiger charge is 2.26. The quantitative estimate of drug-likeness (QED) is 0.394. The summed E-state index contributed by atoms with van der Waals surface area (Å²) >= 11 is 1.54. The molecular weight excluding hydrogens is 498 g/mol. The molecule has 0 amide bonds. The monoisotopic (exact) mass is 531 g/mol. The normalized spacial score (nSPS) is 16.2. The Morgan fingerprint density at radius 2 is 1.81 bits per heavy atom. The number of nitrogens with zero attached hydrogens (tertiary/aromatic N) is 3. The van der Waals surface area contributed by atoms with E-state index in [0.717, 1.165) is 40.4 Å². The summed E-state index contributed by atoms with van der Waals surface area (Å²) in [5, 5.41) is 2.08. The van der Waals surface area contributed by atoms with Gasteiger partial charge in [-0.3, -0.25) is 0 Å². The van der Waals surface area contributed by atoms with Crippen molar-refractivity contribution in [3.63, 3.8) is 0 Å². The minimum atomic E-state index is -3.54. The SMILES string of the molecule is CCCC(C)n1c(-c2cc(OC)ccc2OC)csc1=Nc1ccc(S(=O)(=O)N2CCOCC2)cc1. The summed E-state index contributed by atoms with van der Waals surface area (Å²) in [6.07, 6.45) is 2.02. The number of benzene rings is 2. The highest BCUT2D eigenvalue weighted by atomic mass is 32.2. The largest absolute Gasteiger partial charge is 0.497 e. The van der Waals surface area contributed by atoms with Crippen LogP contribution in [0.4, 0.5) is 5.69 Å². The van der Waals surface area contributed by atoms with Crippen LogP contribution in [0.3, 0.4) is 0 Å². The van der Waals surface area contributed by atoms with Crippen LogP contribution < -0.4 is 14.3 Å². The fourth-order valence-electron chi connectivity index (χ4n) is 4.32. The van der Waals surface area contributed by atoms with Crippen molar-refractivity contribution < 1.29 is 22.6 Å². The number of aromatic nitrogens is 1. The number of thiazole rings is 1. The summed E-state index contributed by atoms with van der Waals surface area (Å²) in [5.74, 6) is 1.51. The van der Waals surface area contributed by atoms with Gasteiger partial charge in [0.1, 0.15) is 11.5 Å². The van der Waals surface area contributed by atoms with Crippen molar-refractivity contribution in [2.45, 2.75) is 37.6 Å². The van der Waals surface area contributed by atoms with Crippen LogP contribution >= 0.6 is 11.3 Å². The van der Waals surface area contributed by atoms with Gasteiger partial charge in [0.15, 0.2) is 4.80 Å². The Morgan fingerprint density at radius 3 is 2.44 bits per heavy atom. The molecule has 4 rings (SSSR count). The van der Waals surface area contributed by atoms with E-state index in [0.29, 0.717) is 32.0 Å². The Balaban J connectivity index is 1.75. The topological polar surface area (TPSA) is 82.4 Å². The number of rotatable bonds is 9. The summed E-state index contributed by atoms with van der Waals surface area (Å²) in [5.41, 5.74) is 2.63. The van der Waals surface area contributed by atoms with Gasteiger partial charge in [-0.1, -0.05) is 13.3 Å². The predicted molar refractivity (Wildman–Crippen MR) is 142 cm³/mol. The van der Waals surface area contributed by atoms with Gasteiger partial charge in [-0.15, -0.1) is 11.3 Å². The molecule has 0 N–H and O–H groups in total. The van der Waals surface area contributed by atoms with Crippen LogP contribution in [0.2, 0.25) is 0 Å². The first-order chi connectivity index (χ1) is 17.4. The molecule has 1 aliphatic heterocycles. The van der Waals surface area contributed by atoms with Crippen LogP contribution in [-0.4, -0.2) is 57.8 Å². The molecule has 1 saturated heterocycles. The zero-order chi connectivity index (χ0) is 25.7. The third-order valence-corrected chi connectivity index (χ3v) is 8.99. The predicted octanol–water partition coefficient (Wildman–Crippen LogP) is 4.85. The Hall–Kier alpha value is -2.66. The molecule has 0 spiro atoms. The van der Waals surface area contributed by atoms with Gasteiger partial charge in [-0.25, -0.2) is 13.4 Å². The summed E-state index contributed by atoms with van der Waals surface area (Å²) < 4.78 is 46.0. The van der Waals surface area contributed by atoms with Crippen LogP contribution in [0, 0.1) is 0 Å². The number of hydrogen-bond donors (Lipinski definition) is 0. The van der Waals surface area contributed by atoms with Gasteiger partial charge in [-0.2, -0.15) is 4.31 Å². The fraction of sp³-hybridized carbons (Fsp3) is 0.423. The maximum Gasteiger partial charge on any atom is 0.243 e. The van der Waals surface area contributed by atoms with E-state index in [1.807, 2.05) is 18.2 Å². The molecule has 8 nitrogen and oxygen atoms in total. The zero-order valence-electron chi connectivity index (χ0n) is 21.1. The molecule has 0 saturated carbocycles. The number of methoxy groups -OCH3 is 2. The fourth-order valence-corrected chi connectivity index (χ4v) is 6.74. The third kappa shape index (κ3) is 5.51.